The van der Waals surface area contributed by atoms with Crippen LogP contribution in [-0.4, -0.2) is 59.7 Å². The largest absolute Gasteiger partial charge is 0.504 e. The lowest BCUT2D eigenvalue weighted by Crippen LogP contribution is -2.33. The molecular weight excluding hydrogens is 447 g/mol. The Balaban J connectivity index is 2.48. The summed E-state index contributed by atoms with van der Waals surface area (Å²) in [4.78, 5) is 26.7. The molecule has 2 rings (SSSR count). The highest BCUT2D eigenvalue weighted by Crippen LogP contribution is 2.34. The molecule has 1 aliphatic rings. The fraction of sp³-hybridized carbons (Fsp3) is 0.267. The monoisotopic (exact) mass is 462 g/mol. The van der Waals surface area contributed by atoms with Crippen LogP contribution in [-0.2, 0) is 14.3 Å². The van der Waals surface area contributed by atoms with Crippen LogP contribution in [0, 0.1) is 3.57 Å². The van der Waals surface area contributed by atoms with E-state index in [9.17, 15) is 14.7 Å². The molecule has 0 spiro atoms. The van der Waals surface area contributed by atoms with E-state index in [1.807, 2.05) is 22.6 Å². The summed E-state index contributed by atoms with van der Waals surface area (Å²) in [5, 5.41) is 10.1. The van der Waals surface area contributed by atoms with E-state index in [-0.39, 0.29) is 34.8 Å². The molecule has 0 radical (unpaired) electrons. The molecule has 7 nitrogen and oxygen atoms in total. The summed E-state index contributed by atoms with van der Waals surface area (Å²) >= 11 is 7.17. The number of nitrogens with zero attached hydrogens (tertiary/aromatic N) is 2. The summed E-state index contributed by atoms with van der Waals surface area (Å²) in [5.74, 6) is -0.526. The van der Waals surface area contributed by atoms with Crippen molar-refractivity contribution in [3.05, 3.63) is 27.0 Å². The summed E-state index contributed by atoms with van der Waals surface area (Å²) < 4.78 is 10.3. The van der Waals surface area contributed by atoms with E-state index in [1.54, 1.807) is 18.2 Å². The Kier molecular flexibility index (Phi) is 5.65. The number of halogens is 1. The van der Waals surface area contributed by atoms with Crippen molar-refractivity contribution in [2.75, 3.05) is 27.8 Å². The summed E-state index contributed by atoms with van der Waals surface area (Å²) in [6, 6.07) is 3.28. The molecule has 1 saturated heterocycles. The zero-order valence-corrected chi connectivity index (χ0v) is 16.2. The second kappa shape index (κ2) is 7.34. The molecule has 1 aliphatic heterocycles. The first kappa shape index (κ1) is 18.5. The minimum atomic E-state index is -0.510. The van der Waals surface area contributed by atoms with E-state index >= 15 is 0 Å². The quantitative estimate of drug-likeness (QED) is 0.315. The van der Waals surface area contributed by atoms with Crippen LogP contribution in [0.4, 0.5) is 0 Å². The predicted octanol–water partition coefficient (Wildman–Crippen LogP) is 1.58. The highest BCUT2D eigenvalue weighted by molar-refractivity contribution is 14.1. The molecule has 0 unspecified atom stereocenters. The number of amides is 1. The van der Waals surface area contributed by atoms with Crippen LogP contribution in [0.3, 0.4) is 0 Å². The van der Waals surface area contributed by atoms with Gasteiger partial charge in [-0.3, -0.25) is 14.5 Å². The molecule has 1 heterocycles. The van der Waals surface area contributed by atoms with Gasteiger partial charge in [0.15, 0.2) is 16.6 Å². The van der Waals surface area contributed by atoms with Crippen molar-refractivity contribution < 1.29 is 24.2 Å². The standard InChI is InChI=1S/C15H15IN2O5S/c1-17-14(21)10(18(15(17)24)7-12(19)23-3)5-8-4-9(16)13(20)11(6-8)22-2/h4-6,20H,7H2,1-3H3/b10-5-. The highest BCUT2D eigenvalue weighted by atomic mass is 127. The normalized spacial score (nSPS) is 16.1. The summed E-state index contributed by atoms with van der Waals surface area (Å²) in [6.45, 7) is -0.163. The van der Waals surface area contributed by atoms with Gasteiger partial charge in [-0.05, 0) is 58.6 Å². The second-order valence-corrected chi connectivity index (χ2v) is 6.42. The van der Waals surface area contributed by atoms with E-state index in [2.05, 4.69) is 4.74 Å². The van der Waals surface area contributed by atoms with Gasteiger partial charge in [0.2, 0.25) is 0 Å². The molecule has 1 aromatic carbocycles. The lowest BCUT2D eigenvalue weighted by Gasteiger charge is -2.17. The Bertz CT molecular complexity index is 750. The number of likely N-dealkylation sites (N-methyl/N-ethyl adjacent to an activating group) is 1. The minimum absolute atomic E-state index is 0.0251. The van der Waals surface area contributed by atoms with Gasteiger partial charge >= 0.3 is 5.97 Å². The molecule has 0 saturated carbocycles. The Hall–Kier alpha value is -1.88. The average Bonchev–Trinajstić information content (AvgIpc) is 2.75. The number of thiocarbonyl (C=S) groups is 1. The number of phenolic OH excluding ortho intramolecular Hbond substituents is 1. The number of aromatic hydroxyl groups is 1. The first-order valence-corrected chi connectivity index (χ1v) is 8.23. The second-order valence-electron chi connectivity index (χ2n) is 4.89. The van der Waals surface area contributed by atoms with Crippen LogP contribution in [0.25, 0.3) is 6.08 Å². The van der Waals surface area contributed by atoms with Gasteiger partial charge in [-0.15, -0.1) is 0 Å². The van der Waals surface area contributed by atoms with Crippen molar-refractivity contribution in [2.24, 2.45) is 0 Å². The molecular formula is C15H15IN2O5S. The average molecular weight is 462 g/mol. The lowest BCUT2D eigenvalue weighted by molar-refractivity contribution is -0.140. The zero-order valence-electron chi connectivity index (χ0n) is 13.2. The minimum Gasteiger partial charge on any atom is -0.504 e. The maximum absolute atomic E-state index is 12.4. The molecule has 0 atom stereocenters. The Morgan fingerprint density at radius 3 is 2.67 bits per heavy atom. The smallest absolute Gasteiger partial charge is 0.325 e. The zero-order chi connectivity index (χ0) is 18.0. The summed E-state index contributed by atoms with van der Waals surface area (Å²) in [5.41, 5.74) is 0.877. The maximum atomic E-state index is 12.4. The Morgan fingerprint density at radius 2 is 2.08 bits per heavy atom. The third kappa shape index (κ3) is 3.46. The van der Waals surface area contributed by atoms with Crippen LogP contribution in [0.15, 0.2) is 17.8 Å². The van der Waals surface area contributed by atoms with Crippen LogP contribution in [0.2, 0.25) is 0 Å². The van der Waals surface area contributed by atoms with Crippen LogP contribution >= 0.6 is 34.8 Å². The number of methoxy groups -OCH3 is 2. The summed E-state index contributed by atoms with van der Waals surface area (Å²) in [7, 11) is 4.25. The van der Waals surface area contributed by atoms with Gasteiger partial charge in [0, 0.05) is 7.05 Å². The van der Waals surface area contributed by atoms with Crippen molar-refractivity contribution in [2.45, 2.75) is 0 Å². The van der Waals surface area contributed by atoms with Gasteiger partial charge in [0.1, 0.15) is 12.2 Å². The fourth-order valence-electron chi connectivity index (χ4n) is 2.13. The highest BCUT2D eigenvalue weighted by Gasteiger charge is 2.36. The predicted molar refractivity (Wildman–Crippen MR) is 99.4 cm³/mol. The van der Waals surface area contributed by atoms with E-state index < -0.39 is 5.97 Å². The molecule has 9 heteroatoms. The number of ether oxygens (including phenoxy) is 2. The molecule has 1 aromatic rings. The Labute approximate surface area is 158 Å². The third-order valence-corrected chi connectivity index (χ3v) is 4.74. The molecule has 0 aromatic heterocycles. The van der Waals surface area contributed by atoms with E-state index in [1.165, 1.54) is 31.1 Å². The summed E-state index contributed by atoms with van der Waals surface area (Å²) in [6.07, 6.45) is 1.59. The van der Waals surface area contributed by atoms with Gasteiger partial charge < -0.3 is 19.5 Å². The molecule has 0 bridgehead atoms. The molecule has 1 fully saturated rings. The first-order valence-electron chi connectivity index (χ1n) is 6.74. The lowest BCUT2D eigenvalue weighted by atomic mass is 10.1. The van der Waals surface area contributed by atoms with Crippen molar-refractivity contribution in [3.8, 4) is 11.5 Å². The van der Waals surface area contributed by atoms with E-state index in [0.717, 1.165) is 0 Å². The molecule has 0 aliphatic carbocycles. The van der Waals surface area contributed by atoms with Crippen LogP contribution in [0.5, 0.6) is 11.5 Å². The SMILES string of the molecule is COC(=O)CN1C(=S)N(C)C(=O)/C1=C/c1cc(I)c(O)c(OC)c1. The van der Waals surface area contributed by atoms with Crippen LogP contribution in [0.1, 0.15) is 5.56 Å². The van der Waals surface area contributed by atoms with Gasteiger partial charge in [0.05, 0.1) is 17.8 Å². The topological polar surface area (TPSA) is 79.3 Å². The van der Waals surface area contributed by atoms with Crippen LogP contribution < -0.4 is 4.74 Å². The fourth-order valence-corrected chi connectivity index (χ4v) is 3.01. The van der Waals surface area contributed by atoms with Gasteiger partial charge in [-0.2, -0.15) is 0 Å². The number of hydrogen-bond donors (Lipinski definition) is 1. The Morgan fingerprint density at radius 1 is 1.42 bits per heavy atom. The molecule has 24 heavy (non-hydrogen) atoms. The molecule has 128 valence electrons. The number of esters is 1. The number of carbonyl (C=O) groups excluding carboxylic acids is 2. The number of phenols is 1. The number of benzene rings is 1. The molecule has 1 N–H and O–H groups in total. The van der Waals surface area contributed by atoms with Crippen molar-refractivity contribution in [1.29, 1.82) is 0 Å². The third-order valence-electron chi connectivity index (χ3n) is 3.42. The number of hydrogen-bond acceptors (Lipinski definition) is 6. The van der Waals surface area contributed by atoms with E-state index in [4.69, 9.17) is 17.0 Å². The van der Waals surface area contributed by atoms with E-state index in [0.29, 0.717) is 9.13 Å². The first-order chi connectivity index (χ1) is 11.3. The maximum Gasteiger partial charge on any atom is 0.325 e. The van der Waals surface area contributed by atoms with Crippen molar-refractivity contribution >= 4 is 57.9 Å². The number of rotatable bonds is 4. The van der Waals surface area contributed by atoms with Gasteiger partial charge in [0.25, 0.3) is 5.91 Å². The van der Waals surface area contributed by atoms with Gasteiger partial charge in [-0.25, -0.2) is 0 Å². The number of carbonyl (C=O) groups is 2. The van der Waals surface area contributed by atoms with Crippen molar-refractivity contribution in [1.82, 2.24) is 9.80 Å². The van der Waals surface area contributed by atoms with Crippen molar-refractivity contribution in [3.63, 3.8) is 0 Å². The molecule has 1 amide bonds. The van der Waals surface area contributed by atoms with Gasteiger partial charge in [-0.1, -0.05) is 0 Å².